The fraction of sp³-hybridized carbons (Fsp3) is 0.429. The third-order valence-electron chi connectivity index (χ3n) is 4.41. The standard InChI is InChI=1S/C21H28N2O2/c1-22(2)14-9-15-23-16-20(17-24-19-12-7-4-8-13-19)25-21(23)18-10-5-3-6-11-18/h3-8,10-13,20-21H,9,14-17H2,1-2H3/t20-,21-/m0/s1. The first-order valence-corrected chi connectivity index (χ1v) is 8.99. The van der Waals surface area contributed by atoms with Gasteiger partial charge in [-0.2, -0.15) is 0 Å². The van der Waals surface area contributed by atoms with Crippen LogP contribution in [0.15, 0.2) is 60.7 Å². The second-order valence-electron chi connectivity index (χ2n) is 6.80. The van der Waals surface area contributed by atoms with Gasteiger partial charge in [-0.05, 0) is 44.8 Å². The summed E-state index contributed by atoms with van der Waals surface area (Å²) in [6.45, 7) is 3.60. The molecule has 1 fully saturated rings. The van der Waals surface area contributed by atoms with Crippen molar-refractivity contribution in [2.45, 2.75) is 18.8 Å². The van der Waals surface area contributed by atoms with Crippen molar-refractivity contribution in [2.24, 2.45) is 0 Å². The molecule has 0 amide bonds. The maximum atomic E-state index is 6.33. The zero-order valence-electron chi connectivity index (χ0n) is 15.2. The van der Waals surface area contributed by atoms with E-state index in [0.29, 0.717) is 6.61 Å². The Hall–Kier alpha value is -1.88. The minimum atomic E-state index is 0.0211. The van der Waals surface area contributed by atoms with E-state index in [1.807, 2.05) is 36.4 Å². The molecule has 0 N–H and O–H groups in total. The van der Waals surface area contributed by atoms with E-state index in [0.717, 1.165) is 31.8 Å². The Kier molecular flexibility index (Phi) is 6.45. The van der Waals surface area contributed by atoms with Crippen molar-refractivity contribution in [1.82, 2.24) is 9.80 Å². The maximum absolute atomic E-state index is 6.33. The number of hydrogen-bond acceptors (Lipinski definition) is 4. The quantitative estimate of drug-likeness (QED) is 0.735. The Balaban J connectivity index is 1.60. The molecular formula is C21H28N2O2. The van der Waals surface area contributed by atoms with E-state index in [-0.39, 0.29) is 12.3 Å². The Morgan fingerprint density at radius 2 is 1.72 bits per heavy atom. The van der Waals surface area contributed by atoms with Gasteiger partial charge in [0.2, 0.25) is 0 Å². The van der Waals surface area contributed by atoms with Crippen LogP contribution in [-0.2, 0) is 4.74 Å². The summed E-state index contributed by atoms with van der Waals surface area (Å²) in [6.07, 6.45) is 1.24. The topological polar surface area (TPSA) is 24.9 Å². The van der Waals surface area contributed by atoms with E-state index in [1.54, 1.807) is 0 Å². The summed E-state index contributed by atoms with van der Waals surface area (Å²) in [5.41, 5.74) is 1.22. The summed E-state index contributed by atoms with van der Waals surface area (Å²) < 4.78 is 12.2. The molecule has 134 valence electrons. The second kappa shape index (κ2) is 8.99. The van der Waals surface area contributed by atoms with Gasteiger partial charge in [-0.25, -0.2) is 0 Å². The van der Waals surface area contributed by atoms with E-state index in [4.69, 9.17) is 9.47 Å². The van der Waals surface area contributed by atoms with Crippen LogP contribution in [0.5, 0.6) is 5.75 Å². The highest BCUT2D eigenvalue weighted by molar-refractivity contribution is 5.21. The van der Waals surface area contributed by atoms with Gasteiger partial charge < -0.3 is 14.4 Å². The van der Waals surface area contributed by atoms with Crippen molar-refractivity contribution in [3.63, 3.8) is 0 Å². The van der Waals surface area contributed by atoms with Gasteiger partial charge in [0, 0.05) is 13.1 Å². The first-order valence-electron chi connectivity index (χ1n) is 8.99. The minimum Gasteiger partial charge on any atom is -0.491 e. The number of nitrogens with zero attached hydrogens (tertiary/aromatic N) is 2. The van der Waals surface area contributed by atoms with Crippen molar-refractivity contribution in [2.75, 3.05) is 40.3 Å². The molecule has 0 saturated carbocycles. The molecular weight excluding hydrogens is 312 g/mol. The molecule has 0 aliphatic carbocycles. The van der Waals surface area contributed by atoms with Gasteiger partial charge in [0.25, 0.3) is 0 Å². The molecule has 2 aromatic carbocycles. The Labute approximate surface area is 151 Å². The average Bonchev–Trinajstić information content (AvgIpc) is 3.04. The predicted octanol–water partition coefficient (Wildman–Crippen LogP) is 3.42. The molecule has 1 saturated heterocycles. The summed E-state index contributed by atoms with van der Waals surface area (Å²) in [7, 11) is 4.23. The molecule has 1 heterocycles. The number of hydrogen-bond donors (Lipinski definition) is 0. The fourth-order valence-electron chi connectivity index (χ4n) is 3.17. The van der Waals surface area contributed by atoms with Crippen LogP contribution in [0.1, 0.15) is 18.2 Å². The lowest BCUT2D eigenvalue weighted by Gasteiger charge is -2.23. The van der Waals surface area contributed by atoms with Crippen molar-refractivity contribution in [1.29, 1.82) is 0 Å². The Morgan fingerprint density at radius 1 is 1.04 bits per heavy atom. The summed E-state index contributed by atoms with van der Waals surface area (Å²) in [4.78, 5) is 4.66. The van der Waals surface area contributed by atoms with Crippen LogP contribution in [0.25, 0.3) is 0 Å². The smallest absolute Gasteiger partial charge is 0.137 e. The molecule has 2 aromatic rings. The van der Waals surface area contributed by atoms with Crippen LogP contribution in [0.3, 0.4) is 0 Å². The molecule has 25 heavy (non-hydrogen) atoms. The van der Waals surface area contributed by atoms with Crippen molar-refractivity contribution in [3.8, 4) is 5.75 Å². The van der Waals surface area contributed by atoms with Crippen LogP contribution >= 0.6 is 0 Å². The van der Waals surface area contributed by atoms with E-state index in [2.05, 4.69) is 48.2 Å². The average molecular weight is 340 g/mol. The molecule has 0 radical (unpaired) electrons. The zero-order chi connectivity index (χ0) is 17.5. The van der Waals surface area contributed by atoms with E-state index in [1.165, 1.54) is 5.56 Å². The number of benzene rings is 2. The zero-order valence-corrected chi connectivity index (χ0v) is 15.2. The highest BCUT2D eigenvalue weighted by Crippen LogP contribution is 2.30. The van der Waals surface area contributed by atoms with Gasteiger partial charge in [-0.3, -0.25) is 4.90 Å². The van der Waals surface area contributed by atoms with E-state index < -0.39 is 0 Å². The molecule has 1 aliphatic rings. The van der Waals surface area contributed by atoms with Gasteiger partial charge in [-0.15, -0.1) is 0 Å². The summed E-state index contributed by atoms with van der Waals surface area (Å²) in [6, 6.07) is 20.4. The maximum Gasteiger partial charge on any atom is 0.137 e. The van der Waals surface area contributed by atoms with Crippen LogP contribution in [0, 0.1) is 0 Å². The Morgan fingerprint density at radius 3 is 2.40 bits per heavy atom. The predicted molar refractivity (Wildman–Crippen MR) is 101 cm³/mol. The monoisotopic (exact) mass is 340 g/mol. The van der Waals surface area contributed by atoms with E-state index >= 15 is 0 Å². The lowest BCUT2D eigenvalue weighted by molar-refractivity contribution is -0.0164. The van der Waals surface area contributed by atoms with E-state index in [9.17, 15) is 0 Å². The molecule has 0 aromatic heterocycles. The molecule has 0 spiro atoms. The molecule has 0 bridgehead atoms. The minimum absolute atomic E-state index is 0.0211. The normalized spacial score (nSPS) is 20.9. The van der Waals surface area contributed by atoms with Crippen molar-refractivity contribution < 1.29 is 9.47 Å². The summed E-state index contributed by atoms with van der Waals surface area (Å²) >= 11 is 0. The first kappa shape index (κ1) is 17.9. The largest absolute Gasteiger partial charge is 0.491 e. The summed E-state index contributed by atoms with van der Waals surface area (Å²) in [5.74, 6) is 0.897. The highest BCUT2D eigenvalue weighted by Gasteiger charge is 2.33. The van der Waals surface area contributed by atoms with Gasteiger partial charge in [0.15, 0.2) is 0 Å². The van der Waals surface area contributed by atoms with Gasteiger partial charge in [0.1, 0.15) is 24.7 Å². The van der Waals surface area contributed by atoms with Crippen molar-refractivity contribution in [3.05, 3.63) is 66.2 Å². The first-order chi connectivity index (χ1) is 12.2. The fourth-order valence-corrected chi connectivity index (χ4v) is 3.17. The molecule has 1 aliphatic heterocycles. The number of ether oxygens (including phenoxy) is 2. The van der Waals surface area contributed by atoms with Gasteiger partial charge in [-0.1, -0.05) is 48.5 Å². The second-order valence-corrected chi connectivity index (χ2v) is 6.80. The molecule has 2 atom stereocenters. The lowest BCUT2D eigenvalue weighted by atomic mass is 10.2. The number of para-hydroxylation sites is 1. The van der Waals surface area contributed by atoms with Crippen LogP contribution in [0.2, 0.25) is 0 Å². The lowest BCUT2D eigenvalue weighted by Crippen LogP contribution is -2.29. The molecule has 4 nitrogen and oxygen atoms in total. The van der Waals surface area contributed by atoms with Gasteiger partial charge in [0.05, 0.1) is 0 Å². The third kappa shape index (κ3) is 5.30. The SMILES string of the molecule is CN(C)CCCN1C[C@@H](COc2ccccc2)O[C@H]1c1ccccc1. The van der Waals surface area contributed by atoms with Crippen molar-refractivity contribution >= 4 is 0 Å². The van der Waals surface area contributed by atoms with Crippen LogP contribution in [0.4, 0.5) is 0 Å². The number of rotatable bonds is 8. The highest BCUT2D eigenvalue weighted by atomic mass is 16.6. The van der Waals surface area contributed by atoms with Gasteiger partial charge >= 0.3 is 0 Å². The molecule has 3 rings (SSSR count). The van der Waals surface area contributed by atoms with Crippen LogP contribution in [-0.4, -0.2) is 56.2 Å². The summed E-state index contributed by atoms with van der Waals surface area (Å²) in [5, 5.41) is 0. The third-order valence-corrected chi connectivity index (χ3v) is 4.41. The van der Waals surface area contributed by atoms with Crippen LogP contribution < -0.4 is 4.74 Å². The molecule has 4 heteroatoms. The Bertz CT molecular complexity index is 618. The molecule has 0 unspecified atom stereocenters.